The predicted molar refractivity (Wildman–Crippen MR) is 65.2 cm³/mol. The van der Waals surface area contributed by atoms with Crippen molar-refractivity contribution in [2.75, 3.05) is 0 Å². The minimum Gasteiger partial charge on any atom is -0.305 e. The molecule has 2 aliphatic rings. The molecule has 0 fully saturated rings. The molecule has 1 N–H and O–H groups in total. The van der Waals surface area contributed by atoms with Crippen LogP contribution in [-0.2, 0) is 6.42 Å². The molecule has 0 saturated heterocycles. The lowest BCUT2D eigenvalue weighted by Gasteiger charge is -2.28. The number of aromatic nitrogens is 1. The summed E-state index contributed by atoms with van der Waals surface area (Å²) in [5.41, 5.74) is 2.73. The van der Waals surface area contributed by atoms with E-state index in [2.05, 4.69) is 34.6 Å². The van der Waals surface area contributed by atoms with Crippen LogP contribution in [0.2, 0.25) is 0 Å². The molecule has 0 bridgehead atoms. The van der Waals surface area contributed by atoms with Gasteiger partial charge in [0.25, 0.3) is 0 Å². The molecular formula is C14H18N2. The van der Waals surface area contributed by atoms with E-state index in [-0.39, 0.29) is 0 Å². The first-order chi connectivity index (χ1) is 7.93. The van der Waals surface area contributed by atoms with Gasteiger partial charge in [-0.15, -0.1) is 0 Å². The fraction of sp³-hybridized carbons (Fsp3) is 0.500. The second-order valence-corrected chi connectivity index (χ2v) is 4.80. The van der Waals surface area contributed by atoms with Crippen LogP contribution in [-0.4, -0.2) is 11.0 Å². The molecule has 0 radical (unpaired) electrons. The summed E-state index contributed by atoms with van der Waals surface area (Å²) in [5, 5.41) is 3.75. The zero-order valence-electron chi connectivity index (χ0n) is 9.52. The van der Waals surface area contributed by atoms with Crippen molar-refractivity contribution in [2.24, 2.45) is 0 Å². The smallest absolute Gasteiger partial charge is 0.0605 e. The molecule has 16 heavy (non-hydrogen) atoms. The molecule has 0 spiro atoms. The van der Waals surface area contributed by atoms with Crippen LogP contribution in [0.5, 0.6) is 0 Å². The van der Waals surface area contributed by atoms with Gasteiger partial charge in [-0.2, -0.15) is 0 Å². The fourth-order valence-electron chi connectivity index (χ4n) is 2.81. The van der Waals surface area contributed by atoms with Gasteiger partial charge in [-0.3, -0.25) is 4.98 Å². The number of aryl methyl sites for hydroxylation is 1. The van der Waals surface area contributed by atoms with Crippen LogP contribution < -0.4 is 5.32 Å². The second kappa shape index (κ2) is 4.38. The average Bonchev–Trinajstić information content (AvgIpc) is 2.82. The summed E-state index contributed by atoms with van der Waals surface area (Å²) in [7, 11) is 0. The highest BCUT2D eigenvalue weighted by Gasteiger charge is 2.23. The average molecular weight is 214 g/mol. The summed E-state index contributed by atoms with van der Waals surface area (Å²) in [6.07, 6.45) is 12.6. The van der Waals surface area contributed by atoms with Gasteiger partial charge in [-0.05, 0) is 43.7 Å². The SMILES string of the molecule is C1=CCC(NC2CCCc3cccnc32)C1. The third-order valence-corrected chi connectivity index (χ3v) is 3.64. The van der Waals surface area contributed by atoms with Crippen molar-refractivity contribution < 1.29 is 0 Å². The van der Waals surface area contributed by atoms with E-state index >= 15 is 0 Å². The second-order valence-electron chi connectivity index (χ2n) is 4.80. The number of fused-ring (bicyclic) bond motifs is 1. The predicted octanol–water partition coefficient (Wildman–Crippen LogP) is 2.77. The van der Waals surface area contributed by atoms with Crippen LogP contribution in [0.15, 0.2) is 30.5 Å². The van der Waals surface area contributed by atoms with Gasteiger partial charge >= 0.3 is 0 Å². The van der Waals surface area contributed by atoms with Crippen LogP contribution in [0.4, 0.5) is 0 Å². The largest absolute Gasteiger partial charge is 0.305 e. The molecule has 3 rings (SSSR count). The van der Waals surface area contributed by atoms with E-state index in [1.54, 1.807) is 0 Å². The van der Waals surface area contributed by atoms with Crippen LogP contribution >= 0.6 is 0 Å². The van der Waals surface area contributed by atoms with Crippen molar-refractivity contribution in [3.8, 4) is 0 Å². The molecule has 84 valence electrons. The lowest BCUT2D eigenvalue weighted by atomic mass is 9.91. The molecule has 0 aromatic carbocycles. The Morgan fingerprint density at radius 3 is 3.00 bits per heavy atom. The Morgan fingerprint density at radius 1 is 1.25 bits per heavy atom. The molecule has 1 aromatic heterocycles. The summed E-state index contributed by atoms with van der Waals surface area (Å²) in [4.78, 5) is 4.56. The van der Waals surface area contributed by atoms with E-state index < -0.39 is 0 Å². The minimum absolute atomic E-state index is 0.481. The monoisotopic (exact) mass is 214 g/mol. The number of nitrogens with zero attached hydrogens (tertiary/aromatic N) is 1. The van der Waals surface area contributed by atoms with Gasteiger partial charge in [-0.1, -0.05) is 18.2 Å². The zero-order valence-corrected chi connectivity index (χ0v) is 9.52. The topological polar surface area (TPSA) is 24.9 Å². The van der Waals surface area contributed by atoms with Crippen LogP contribution in [0, 0.1) is 0 Å². The van der Waals surface area contributed by atoms with E-state index in [9.17, 15) is 0 Å². The van der Waals surface area contributed by atoms with Gasteiger partial charge in [0, 0.05) is 18.3 Å². The summed E-state index contributed by atoms with van der Waals surface area (Å²) in [5.74, 6) is 0. The van der Waals surface area contributed by atoms with Crippen LogP contribution in [0.25, 0.3) is 0 Å². The maximum Gasteiger partial charge on any atom is 0.0605 e. The Bertz CT molecular complexity index is 389. The van der Waals surface area contributed by atoms with E-state index in [0.29, 0.717) is 12.1 Å². The van der Waals surface area contributed by atoms with Crippen molar-refractivity contribution in [1.82, 2.24) is 10.3 Å². The number of hydrogen-bond acceptors (Lipinski definition) is 2. The van der Waals surface area contributed by atoms with Gasteiger partial charge in [-0.25, -0.2) is 0 Å². The Kier molecular flexibility index (Phi) is 2.75. The molecular weight excluding hydrogens is 196 g/mol. The Morgan fingerprint density at radius 2 is 2.12 bits per heavy atom. The quantitative estimate of drug-likeness (QED) is 0.766. The normalized spacial score (nSPS) is 24.6. The molecule has 0 aliphatic heterocycles. The Balaban J connectivity index is 1.76. The maximum atomic E-state index is 4.56. The standard InChI is InChI=1S/C14H18N2/c1-2-8-12(7-1)16-13-9-3-5-11-6-4-10-15-14(11)13/h1-2,4,6,10,12-13,16H,3,5,7-9H2. The minimum atomic E-state index is 0.481. The number of hydrogen-bond donors (Lipinski definition) is 1. The number of nitrogens with one attached hydrogen (secondary N) is 1. The highest BCUT2D eigenvalue weighted by molar-refractivity contribution is 5.25. The summed E-state index contributed by atoms with van der Waals surface area (Å²) in [6.45, 7) is 0. The first-order valence-electron chi connectivity index (χ1n) is 6.28. The number of pyridine rings is 1. The Labute approximate surface area is 96.8 Å². The van der Waals surface area contributed by atoms with E-state index in [0.717, 1.165) is 0 Å². The van der Waals surface area contributed by atoms with Crippen LogP contribution in [0.1, 0.15) is 43.0 Å². The maximum absolute atomic E-state index is 4.56. The van der Waals surface area contributed by atoms with Gasteiger partial charge < -0.3 is 5.32 Å². The van der Waals surface area contributed by atoms with Crippen LogP contribution in [0.3, 0.4) is 0 Å². The zero-order chi connectivity index (χ0) is 10.8. The Hall–Kier alpha value is -1.15. The molecule has 1 unspecified atom stereocenters. The molecule has 1 heterocycles. The van der Waals surface area contributed by atoms with Crippen molar-refractivity contribution >= 4 is 0 Å². The highest BCUT2D eigenvalue weighted by atomic mass is 15.0. The van der Waals surface area contributed by atoms with Crippen molar-refractivity contribution in [3.63, 3.8) is 0 Å². The third kappa shape index (κ3) is 1.90. The molecule has 0 amide bonds. The van der Waals surface area contributed by atoms with Gasteiger partial charge in [0.05, 0.1) is 5.69 Å². The van der Waals surface area contributed by atoms with E-state index in [1.165, 1.54) is 43.4 Å². The highest BCUT2D eigenvalue weighted by Crippen LogP contribution is 2.29. The molecule has 1 atom stereocenters. The molecule has 2 aliphatic carbocycles. The first-order valence-corrected chi connectivity index (χ1v) is 6.28. The first kappa shape index (κ1) is 10.0. The van der Waals surface area contributed by atoms with Gasteiger partial charge in [0.2, 0.25) is 0 Å². The third-order valence-electron chi connectivity index (χ3n) is 3.64. The molecule has 2 nitrogen and oxygen atoms in total. The summed E-state index contributed by atoms with van der Waals surface area (Å²) < 4.78 is 0. The lowest BCUT2D eigenvalue weighted by molar-refractivity contribution is 0.395. The van der Waals surface area contributed by atoms with Gasteiger partial charge in [0.15, 0.2) is 0 Å². The molecule has 1 aromatic rings. The number of rotatable bonds is 2. The van der Waals surface area contributed by atoms with Crippen molar-refractivity contribution in [2.45, 2.75) is 44.2 Å². The summed E-state index contributed by atoms with van der Waals surface area (Å²) >= 11 is 0. The summed E-state index contributed by atoms with van der Waals surface area (Å²) in [6, 6.07) is 5.40. The van der Waals surface area contributed by atoms with Crippen molar-refractivity contribution in [1.29, 1.82) is 0 Å². The van der Waals surface area contributed by atoms with E-state index in [1.807, 2.05) is 6.20 Å². The van der Waals surface area contributed by atoms with Crippen molar-refractivity contribution in [3.05, 3.63) is 41.7 Å². The molecule has 2 heteroatoms. The molecule has 0 saturated carbocycles. The van der Waals surface area contributed by atoms with E-state index in [4.69, 9.17) is 0 Å². The lowest BCUT2D eigenvalue weighted by Crippen LogP contribution is -2.33. The fourth-order valence-corrected chi connectivity index (χ4v) is 2.81. The van der Waals surface area contributed by atoms with Gasteiger partial charge in [0.1, 0.15) is 0 Å².